The van der Waals surface area contributed by atoms with Crippen molar-refractivity contribution in [3.63, 3.8) is 0 Å². The topological polar surface area (TPSA) is 51.8 Å². The third kappa shape index (κ3) is 2.01. The van der Waals surface area contributed by atoms with Crippen LogP contribution in [0, 0.1) is 3.57 Å². The highest BCUT2D eigenvalue weighted by Gasteiger charge is 1.98. The molecular weight excluding hydrogens is 289 g/mol. The molecular formula is C10H8IN3. The molecule has 0 atom stereocenters. The minimum atomic E-state index is 0.444. The first kappa shape index (κ1) is 9.39. The Morgan fingerprint density at radius 1 is 0.929 bits per heavy atom. The molecule has 1 heterocycles. The van der Waals surface area contributed by atoms with Gasteiger partial charge in [-0.3, -0.25) is 0 Å². The second-order valence-electron chi connectivity index (χ2n) is 2.85. The number of nitrogen functional groups attached to an aromatic ring is 1. The van der Waals surface area contributed by atoms with Gasteiger partial charge in [0, 0.05) is 9.13 Å². The van der Waals surface area contributed by atoms with Gasteiger partial charge in [-0.15, -0.1) is 10.2 Å². The van der Waals surface area contributed by atoms with Crippen molar-refractivity contribution in [1.82, 2.24) is 10.2 Å². The van der Waals surface area contributed by atoms with E-state index in [1.807, 2.05) is 30.3 Å². The first-order valence-electron chi connectivity index (χ1n) is 4.11. The van der Waals surface area contributed by atoms with Gasteiger partial charge in [-0.2, -0.15) is 0 Å². The highest BCUT2D eigenvalue weighted by atomic mass is 127. The first-order chi connectivity index (χ1) is 6.75. The zero-order valence-corrected chi connectivity index (χ0v) is 9.47. The molecule has 70 valence electrons. The SMILES string of the molecule is Nc1ccc(-c2ccc(I)cc2)nn1. The number of nitrogens with zero attached hydrogens (tertiary/aromatic N) is 2. The molecule has 0 unspecified atom stereocenters. The lowest BCUT2D eigenvalue weighted by Crippen LogP contribution is -1.93. The lowest BCUT2D eigenvalue weighted by Gasteiger charge is -1.99. The van der Waals surface area contributed by atoms with E-state index >= 15 is 0 Å². The van der Waals surface area contributed by atoms with Gasteiger partial charge in [0.2, 0.25) is 0 Å². The Hall–Kier alpha value is -1.17. The van der Waals surface area contributed by atoms with Crippen LogP contribution < -0.4 is 5.73 Å². The average molecular weight is 297 g/mol. The predicted molar refractivity (Wildman–Crippen MR) is 64.6 cm³/mol. The minimum absolute atomic E-state index is 0.444. The van der Waals surface area contributed by atoms with Gasteiger partial charge < -0.3 is 5.73 Å². The number of halogens is 1. The van der Waals surface area contributed by atoms with Crippen LogP contribution in [0.5, 0.6) is 0 Å². The number of nitrogens with two attached hydrogens (primary N) is 1. The van der Waals surface area contributed by atoms with E-state index in [-0.39, 0.29) is 0 Å². The van der Waals surface area contributed by atoms with Crippen LogP contribution in [0.15, 0.2) is 36.4 Å². The van der Waals surface area contributed by atoms with E-state index in [4.69, 9.17) is 5.73 Å². The van der Waals surface area contributed by atoms with Crippen molar-refractivity contribution in [1.29, 1.82) is 0 Å². The van der Waals surface area contributed by atoms with Gasteiger partial charge >= 0.3 is 0 Å². The Balaban J connectivity index is 2.40. The molecule has 0 aliphatic heterocycles. The van der Waals surface area contributed by atoms with Crippen LogP contribution in [0.2, 0.25) is 0 Å². The summed E-state index contributed by atoms with van der Waals surface area (Å²) >= 11 is 2.27. The van der Waals surface area contributed by atoms with E-state index in [0.717, 1.165) is 11.3 Å². The molecule has 0 spiro atoms. The van der Waals surface area contributed by atoms with Gasteiger partial charge in [-0.1, -0.05) is 12.1 Å². The van der Waals surface area contributed by atoms with E-state index in [0.29, 0.717) is 5.82 Å². The van der Waals surface area contributed by atoms with Crippen molar-refractivity contribution >= 4 is 28.4 Å². The molecule has 0 aliphatic carbocycles. The Morgan fingerprint density at radius 3 is 2.21 bits per heavy atom. The number of rotatable bonds is 1. The standard InChI is InChI=1S/C10H8IN3/c11-8-3-1-7(2-4-8)9-5-6-10(12)14-13-9/h1-6H,(H2,12,14). The summed E-state index contributed by atoms with van der Waals surface area (Å²) in [7, 11) is 0. The fourth-order valence-corrected chi connectivity index (χ4v) is 1.48. The third-order valence-corrected chi connectivity index (χ3v) is 2.54. The molecule has 0 amide bonds. The van der Waals surface area contributed by atoms with Crippen molar-refractivity contribution in [2.75, 3.05) is 5.73 Å². The molecule has 0 saturated heterocycles. The van der Waals surface area contributed by atoms with Gasteiger partial charge in [0.05, 0.1) is 5.69 Å². The van der Waals surface area contributed by atoms with E-state index in [9.17, 15) is 0 Å². The maximum atomic E-state index is 5.45. The van der Waals surface area contributed by atoms with Crippen molar-refractivity contribution in [2.45, 2.75) is 0 Å². The molecule has 4 heteroatoms. The fourth-order valence-electron chi connectivity index (χ4n) is 1.12. The van der Waals surface area contributed by atoms with Crippen molar-refractivity contribution in [3.8, 4) is 11.3 Å². The normalized spacial score (nSPS) is 10.1. The summed E-state index contributed by atoms with van der Waals surface area (Å²) in [6.45, 7) is 0. The third-order valence-electron chi connectivity index (χ3n) is 1.83. The van der Waals surface area contributed by atoms with Crippen molar-refractivity contribution in [3.05, 3.63) is 40.0 Å². The summed E-state index contributed by atoms with van der Waals surface area (Å²) in [5.41, 5.74) is 7.35. The quantitative estimate of drug-likeness (QED) is 0.822. The van der Waals surface area contributed by atoms with E-state index in [2.05, 4.69) is 32.8 Å². The Kier molecular flexibility index (Phi) is 2.62. The fraction of sp³-hybridized carbons (Fsp3) is 0. The molecule has 0 bridgehead atoms. The molecule has 2 N–H and O–H groups in total. The maximum Gasteiger partial charge on any atom is 0.146 e. The molecule has 0 aliphatic rings. The van der Waals surface area contributed by atoms with Crippen LogP contribution in [0.3, 0.4) is 0 Å². The summed E-state index contributed by atoms with van der Waals surface area (Å²) in [5, 5.41) is 7.80. The Labute approximate surface area is 95.5 Å². The zero-order chi connectivity index (χ0) is 9.97. The van der Waals surface area contributed by atoms with Gasteiger partial charge in [-0.05, 0) is 46.9 Å². The second-order valence-corrected chi connectivity index (χ2v) is 4.10. The summed E-state index contributed by atoms with van der Waals surface area (Å²) in [6, 6.07) is 11.7. The van der Waals surface area contributed by atoms with Gasteiger partial charge in [0.25, 0.3) is 0 Å². The number of aromatic nitrogens is 2. The molecule has 14 heavy (non-hydrogen) atoms. The lowest BCUT2D eigenvalue weighted by atomic mass is 10.1. The van der Waals surface area contributed by atoms with E-state index in [1.54, 1.807) is 6.07 Å². The molecule has 2 aromatic rings. The lowest BCUT2D eigenvalue weighted by molar-refractivity contribution is 1.05. The van der Waals surface area contributed by atoms with Gasteiger partial charge in [0.15, 0.2) is 0 Å². The molecule has 1 aromatic heterocycles. The van der Waals surface area contributed by atoms with Gasteiger partial charge in [-0.25, -0.2) is 0 Å². The molecule has 0 radical (unpaired) electrons. The molecule has 0 saturated carbocycles. The number of anilines is 1. The van der Waals surface area contributed by atoms with Crippen LogP contribution >= 0.6 is 22.6 Å². The Bertz CT molecular complexity index is 379. The average Bonchev–Trinajstić information content (AvgIpc) is 2.21. The Morgan fingerprint density at radius 2 is 1.64 bits per heavy atom. The molecule has 1 aromatic carbocycles. The monoisotopic (exact) mass is 297 g/mol. The minimum Gasteiger partial charge on any atom is -0.382 e. The highest BCUT2D eigenvalue weighted by molar-refractivity contribution is 14.1. The first-order valence-corrected chi connectivity index (χ1v) is 5.19. The maximum absolute atomic E-state index is 5.45. The smallest absolute Gasteiger partial charge is 0.146 e. The van der Waals surface area contributed by atoms with Gasteiger partial charge in [0.1, 0.15) is 5.82 Å². The summed E-state index contributed by atoms with van der Waals surface area (Å²) < 4.78 is 1.20. The summed E-state index contributed by atoms with van der Waals surface area (Å²) in [5.74, 6) is 0.444. The predicted octanol–water partition coefficient (Wildman–Crippen LogP) is 2.33. The number of hydrogen-bond acceptors (Lipinski definition) is 3. The van der Waals surface area contributed by atoms with Crippen molar-refractivity contribution < 1.29 is 0 Å². The zero-order valence-electron chi connectivity index (χ0n) is 7.31. The highest BCUT2D eigenvalue weighted by Crippen LogP contribution is 2.17. The van der Waals surface area contributed by atoms with E-state index < -0.39 is 0 Å². The largest absolute Gasteiger partial charge is 0.382 e. The molecule has 3 nitrogen and oxygen atoms in total. The molecule has 0 fully saturated rings. The summed E-state index contributed by atoms with van der Waals surface area (Å²) in [4.78, 5) is 0. The van der Waals surface area contributed by atoms with Crippen LogP contribution in [0.1, 0.15) is 0 Å². The number of benzene rings is 1. The molecule has 2 rings (SSSR count). The summed E-state index contributed by atoms with van der Waals surface area (Å²) in [6.07, 6.45) is 0. The van der Waals surface area contributed by atoms with Crippen LogP contribution in [0.4, 0.5) is 5.82 Å². The number of hydrogen-bond donors (Lipinski definition) is 1. The van der Waals surface area contributed by atoms with Crippen LogP contribution in [0.25, 0.3) is 11.3 Å². The van der Waals surface area contributed by atoms with E-state index in [1.165, 1.54) is 3.57 Å². The second kappa shape index (κ2) is 3.91. The van der Waals surface area contributed by atoms with Crippen LogP contribution in [-0.4, -0.2) is 10.2 Å². The van der Waals surface area contributed by atoms with Crippen LogP contribution in [-0.2, 0) is 0 Å². The van der Waals surface area contributed by atoms with Crippen molar-refractivity contribution in [2.24, 2.45) is 0 Å².